The van der Waals surface area contributed by atoms with Gasteiger partial charge in [-0.25, -0.2) is 10.2 Å². The Morgan fingerprint density at radius 1 is 0.844 bits per heavy atom. The first-order valence-corrected chi connectivity index (χ1v) is 10.2. The molecule has 3 rings (SSSR count). The lowest BCUT2D eigenvalue weighted by molar-refractivity contribution is 0.0728. The third-order valence-electron chi connectivity index (χ3n) is 4.29. The van der Waals surface area contributed by atoms with Gasteiger partial charge in [0.15, 0.2) is 11.5 Å². The predicted octanol–water partition coefficient (Wildman–Crippen LogP) is 4.47. The van der Waals surface area contributed by atoms with Crippen molar-refractivity contribution in [3.05, 3.63) is 89.5 Å². The van der Waals surface area contributed by atoms with Gasteiger partial charge in [0.05, 0.1) is 30.6 Å². The molecule has 0 aromatic heterocycles. The Balaban J connectivity index is 1.70. The third-order valence-corrected chi connectivity index (χ3v) is 4.29. The topological polar surface area (TPSA) is 86.2 Å². The molecule has 7 nitrogen and oxygen atoms in total. The van der Waals surface area contributed by atoms with Gasteiger partial charge in [0, 0.05) is 0 Å². The maximum atomic E-state index is 12.4. The number of hydrogen-bond acceptors (Lipinski definition) is 6. The van der Waals surface area contributed by atoms with E-state index in [2.05, 4.69) is 10.5 Å². The van der Waals surface area contributed by atoms with E-state index >= 15 is 0 Å². The number of esters is 1. The molecule has 0 radical (unpaired) electrons. The van der Waals surface area contributed by atoms with Gasteiger partial charge in [-0.05, 0) is 61.9 Å². The van der Waals surface area contributed by atoms with Crippen LogP contribution in [0.1, 0.15) is 40.1 Å². The van der Waals surface area contributed by atoms with E-state index in [1.54, 1.807) is 66.7 Å². The Labute approximate surface area is 186 Å². The number of hydrogen-bond donors (Lipinski definition) is 1. The van der Waals surface area contributed by atoms with Gasteiger partial charge in [0.2, 0.25) is 0 Å². The highest BCUT2D eigenvalue weighted by molar-refractivity contribution is 5.97. The number of carbonyl (C=O) groups is 2. The lowest BCUT2D eigenvalue weighted by atomic mass is 10.2. The molecule has 32 heavy (non-hydrogen) atoms. The van der Waals surface area contributed by atoms with Crippen molar-refractivity contribution in [3.63, 3.8) is 0 Å². The molecule has 3 aromatic carbocycles. The molecule has 1 N–H and O–H groups in total. The minimum absolute atomic E-state index is 0.299. The number of nitrogens with zero attached hydrogens (tertiary/aromatic N) is 1. The summed E-state index contributed by atoms with van der Waals surface area (Å²) in [5, 5.41) is 4.02. The fourth-order valence-electron chi connectivity index (χ4n) is 2.85. The van der Waals surface area contributed by atoms with Crippen LogP contribution >= 0.6 is 0 Å². The molecule has 3 aromatic rings. The average molecular weight is 432 g/mol. The molecule has 0 bridgehead atoms. The molecule has 0 fully saturated rings. The van der Waals surface area contributed by atoms with Crippen LogP contribution in [0.25, 0.3) is 0 Å². The molecular formula is C25H24N2O5. The van der Waals surface area contributed by atoms with Crippen LogP contribution in [0.2, 0.25) is 0 Å². The van der Waals surface area contributed by atoms with Gasteiger partial charge in [0.1, 0.15) is 5.75 Å². The molecule has 1 amide bonds. The first-order valence-electron chi connectivity index (χ1n) is 10.2. The van der Waals surface area contributed by atoms with E-state index in [1.165, 1.54) is 6.21 Å². The molecule has 164 valence electrons. The van der Waals surface area contributed by atoms with E-state index < -0.39 is 5.97 Å². The summed E-state index contributed by atoms with van der Waals surface area (Å²) in [4.78, 5) is 24.8. The average Bonchev–Trinajstić information content (AvgIpc) is 2.82. The SMILES string of the molecule is CCOc1cc(/C=N/NC(=O)c2ccccc2OCC)ccc1OC(=O)c1ccccc1. The van der Waals surface area contributed by atoms with E-state index in [-0.39, 0.29) is 5.91 Å². The molecule has 0 saturated carbocycles. The number of hydrazone groups is 1. The predicted molar refractivity (Wildman–Crippen MR) is 122 cm³/mol. The van der Waals surface area contributed by atoms with Crippen molar-refractivity contribution >= 4 is 18.1 Å². The molecule has 0 spiro atoms. The van der Waals surface area contributed by atoms with Gasteiger partial charge in [-0.3, -0.25) is 4.79 Å². The monoisotopic (exact) mass is 432 g/mol. The molecule has 0 aliphatic heterocycles. The van der Waals surface area contributed by atoms with Crippen LogP contribution in [0, 0.1) is 0 Å². The van der Waals surface area contributed by atoms with Crippen molar-refractivity contribution in [3.8, 4) is 17.2 Å². The van der Waals surface area contributed by atoms with Gasteiger partial charge in [-0.2, -0.15) is 5.10 Å². The lowest BCUT2D eigenvalue weighted by Crippen LogP contribution is -2.18. The van der Waals surface area contributed by atoms with E-state index in [9.17, 15) is 9.59 Å². The number of amides is 1. The molecule has 0 saturated heterocycles. The summed E-state index contributed by atoms with van der Waals surface area (Å²) in [5.41, 5.74) is 3.98. The van der Waals surface area contributed by atoms with Gasteiger partial charge < -0.3 is 14.2 Å². The number of benzene rings is 3. The number of rotatable bonds is 9. The highest BCUT2D eigenvalue weighted by atomic mass is 16.6. The summed E-state index contributed by atoms with van der Waals surface area (Å²) in [6.45, 7) is 4.53. The lowest BCUT2D eigenvalue weighted by Gasteiger charge is -2.11. The first kappa shape index (κ1) is 22.6. The van der Waals surface area contributed by atoms with Crippen LogP contribution in [0.5, 0.6) is 17.2 Å². The Bertz CT molecular complexity index is 1100. The minimum Gasteiger partial charge on any atom is -0.493 e. The second-order valence-corrected chi connectivity index (χ2v) is 6.52. The zero-order valence-corrected chi connectivity index (χ0v) is 17.9. The van der Waals surface area contributed by atoms with Crippen LogP contribution < -0.4 is 19.6 Å². The van der Waals surface area contributed by atoms with Crippen molar-refractivity contribution in [2.24, 2.45) is 5.10 Å². The van der Waals surface area contributed by atoms with E-state index in [0.29, 0.717) is 47.2 Å². The van der Waals surface area contributed by atoms with E-state index in [0.717, 1.165) is 0 Å². The van der Waals surface area contributed by atoms with Crippen LogP contribution in [-0.2, 0) is 0 Å². The van der Waals surface area contributed by atoms with Crippen LogP contribution in [0.4, 0.5) is 0 Å². The second-order valence-electron chi connectivity index (χ2n) is 6.52. The number of nitrogens with one attached hydrogen (secondary N) is 1. The third kappa shape index (κ3) is 5.95. The van der Waals surface area contributed by atoms with Crippen LogP contribution in [0.3, 0.4) is 0 Å². The highest BCUT2D eigenvalue weighted by Gasteiger charge is 2.13. The maximum absolute atomic E-state index is 12.4. The number of ether oxygens (including phenoxy) is 3. The summed E-state index contributed by atoms with van der Waals surface area (Å²) >= 11 is 0. The molecule has 0 aliphatic rings. The standard InChI is InChI=1S/C25H24N2O5/c1-3-30-21-13-9-8-12-20(21)24(28)27-26-17-18-14-15-22(23(16-18)31-4-2)32-25(29)19-10-6-5-7-11-19/h5-17H,3-4H2,1-2H3,(H,27,28)/b26-17+. The quantitative estimate of drug-likeness (QED) is 0.233. The zero-order chi connectivity index (χ0) is 22.8. The molecule has 0 heterocycles. The Kier molecular flexibility index (Phi) is 7.97. The number of carbonyl (C=O) groups excluding carboxylic acids is 2. The molecule has 7 heteroatoms. The van der Waals surface area contributed by atoms with Crippen molar-refractivity contribution < 1.29 is 23.8 Å². The Morgan fingerprint density at radius 2 is 1.53 bits per heavy atom. The van der Waals surface area contributed by atoms with Crippen LogP contribution in [0.15, 0.2) is 77.9 Å². The molecular weight excluding hydrogens is 408 g/mol. The summed E-state index contributed by atoms with van der Waals surface area (Å²) in [6.07, 6.45) is 1.48. The van der Waals surface area contributed by atoms with Gasteiger partial charge in [-0.1, -0.05) is 30.3 Å². The van der Waals surface area contributed by atoms with Crippen molar-refractivity contribution in [1.29, 1.82) is 0 Å². The van der Waals surface area contributed by atoms with Gasteiger partial charge >= 0.3 is 5.97 Å². The molecule has 0 aliphatic carbocycles. The smallest absolute Gasteiger partial charge is 0.343 e. The van der Waals surface area contributed by atoms with Gasteiger partial charge in [-0.15, -0.1) is 0 Å². The van der Waals surface area contributed by atoms with Crippen LogP contribution in [-0.4, -0.2) is 31.3 Å². The maximum Gasteiger partial charge on any atom is 0.343 e. The fourth-order valence-corrected chi connectivity index (χ4v) is 2.85. The van der Waals surface area contributed by atoms with Crippen molar-refractivity contribution in [2.45, 2.75) is 13.8 Å². The normalized spacial score (nSPS) is 10.6. The Morgan fingerprint density at radius 3 is 2.28 bits per heavy atom. The summed E-state index contributed by atoms with van der Waals surface area (Å²) in [5.74, 6) is 0.323. The Hall–Kier alpha value is -4.13. The number of para-hydroxylation sites is 1. The van der Waals surface area contributed by atoms with Crippen molar-refractivity contribution in [1.82, 2.24) is 5.43 Å². The summed E-state index contributed by atoms with van der Waals surface area (Å²) < 4.78 is 16.6. The largest absolute Gasteiger partial charge is 0.493 e. The first-order chi connectivity index (χ1) is 15.6. The summed E-state index contributed by atoms with van der Waals surface area (Å²) in [7, 11) is 0. The highest BCUT2D eigenvalue weighted by Crippen LogP contribution is 2.29. The molecule has 0 unspecified atom stereocenters. The van der Waals surface area contributed by atoms with E-state index in [1.807, 2.05) is 19.9 Å². The fraction of sp³-hybridized carbons (Fsp3) is 0.160. The minimum atomic E-state index is -0.479. The zero-order valence-electron chi connectivity index (χ0n) is 17.9. The van der Waals surface area contributed by atoms with Crippen molar-refractivity contribution in [2.75, 3.05) is 13.2 Å². The second kappa shape index (κ2) is 11.3. The van der Waals surface area contributed by atoms with E-state index in [4.69, 9.17) is 14.2 Å². The summed E-state index contributed by atoms with van der Waals surface area (Å²) in [6, 6.07) is 20.7. The van der Waals surface area contributed by atoms with Gasteiger partial charge in [0.25, 0.3) is 5.91 Å². The molecule has 0 atom stereocenters.